The highest BCUT2D eigenvalue weighted by Gasteiger charge is 2.37. The summed E-state index contributed by atoms with van der Waals surface area (Å²) >= 11 is 6.35. The molecule has 1 fully saturated rings. The van der Waals surface area contributed by atoms with Crippen molar-refractivity contribution in [1.82, 2.24) is 15.1 Å². The van der Waals surface area contributed by atoms with Crippen molar-refractivity contribution in [3.05, 3.63) is 16.4 Å². The smallest absolute Gasteiger partial charge is 0.0847 e. The van der Waals surface area contributed by atoms with Crippen molar-refractivity contribution < 1.29 is 4.74 Å². The first kappa shape index (κ1) is 14.8. The molecule has 1 saturated carbocycles. The van der Waals surface area contributed by atoms with Gasteiger partial charge in [-0.25, -0.2) is 0 Å². The quantitative estimate of drug-likeness (QED) is 0.836. The molecule has 1 aromatic heterocycles. The number of nitrogens with zero attached hydrogens (tertiary/aromatic N) is 2. The summed E-state index contributed by atoms with van der Waals surface area (Å²) in [6, 6.07) is 0.301. The number of methoxy groups -OCH3 is 1. The largest absolute Gasteiger partial charge is 0.380 e. The van der Waals surface area contributed by atoms with Gasteiger partial charge in [0.2, 0.25) is 0 Å². The lowest BCUT2D eigenvalue weighted by atomic mass is 10.0. The van der Waals surface area contributed by atoms with Crippen molar-refractivity contribution in [3.63, 3.8) is 0 Å². The second-order valence-electron chi connectivity index (χ2n) is 5.38. The fourth-order valence-corrected chi connectivity index (χ4v) is 3.02. The Hall–Kier alpha value is -0.580. The molecule has 5 heteroatoms. The molecular formula is C14H24ClN3O. The van der Waals surface area contributed by atoms with Gasteiger partial charge < -0.3 is 10.1 Å². The zero-order valence-electron chi connectivity index (χ0n) is 12.2. The average Bonchev–Trinajstić information content (AvgIpc) is 3.16. The van der Waals surface area contributed by atoms with Gasteiger partial charge in [0.25, 0.3) is 0 Å². The summed E-state index contributed by atoms with van der Waals surface area (Å²) in [5.74, 6) is 0.696. The maximum atomic E-state index is 6.35. The molecule has 2 rings (SSSR count). The van der Waals surface area contributed by atoms with Gasteiger partial charge in [-0.1, -0.05) is 18.5 Å². The SMILES string of the molecule is CCNC(Cc1c(Cl)c(C)nn1C)C(OC)C1CC1. The second kappa shape index (κ2) is 6.25. The Morgan fingerprint density at radius 2 is 2.21 bits per heavy atom. The van der Waals surface area contributed by atoms with Crippen LogP contribution in [0.15, 0.2) is 0 Å². The summed E-state index contributed by atoms with van der Waals surface area (Å²) in [5.41, 5.74) is 1.99. The summed E-state index contributed by atoms with van der Waals surface area (Å²) in [6.07, 6.45) is 3.68. The van der Waals surface area contributed by atoms with E-state index in [2.05, 4.69) is 17.3 Å². The number of aryl methyl sites for hydroxylation is 2. The molecule has 0 radical (unpaired) electrons. The van der Waals surface area contributed by atoms with E-state index in [1.807, 2.05) is 25.8 Å². The van der Waals surface area contributed by atoms with Gasteiger partial charge in [-0.2, -0.15) is 5.10 Å². The predicted molar refractivity (Wildman–Crippen MR) is 77.6 cm³/mol. The fourth-order valence-electron chi connectivity index (χ4n) is 2.79. The summed E-state index contributed by atoms with van der Waals surface area (Å²) < 4.78 is 7.60. The first-order valence-electron chi connectivity index (χ1n) is 7.02. The molecule has 0 aromatic carbocycles. The third-order valence-corrected chi connectivity index (χ3v) is 4.39. The molecule has 1 aliphatic rings. The maximum absolute atomic E-state index is 6.35. The Balaban J connectivity index is 2.15. The van der Waals surface area contributed by atoms with Crippen molar-refractivity contribution in [3.8, 4) is 0 Å². The van der Waals surface area contributed by atoms with E-state index in [0.717, 1.165) is 29.4 Å². The van der Waals surface area contributed by atoms with E-state index in [-0.39, 0.29) is 6.10 Å². The van der Waals surface area contributed by atoms with E-state index in [0.29, 0.717) is 12.0 Å². The molecule has 1 N–H and O–H groups in total. The van der Waals surface area contributed by atoms with Gasteiger partial charge in [-0.05, 0) is 32.2 Å². The summed E-state index contributed by atoms with van der Waals surface area (Å²) in [5, 5.41) is 8.72. The summed E-state index contributed by atoms with van der Waals surface area (Å²) in [7, 11) is 3.76. The van der Waals surface area contributed by atoms with E-state index in [1.165, 1.54) is 12.8 Å². The lowest BCUT2D eigenvalue weighted by molar-refractivity contribution is 0.0510. The summed E-state index contributed by atoms with van der Waals surface area (Å²) in [4.78, 5) is 0. The van der Waals surface area contributed by atoms with Crippen molar-refractivity contribution in [1.29, 1.82) is 0 Å². The van der Waals surface area contributed by atoms with Crippen LogP contribution in [-0.4, -0.2) is 35.6 Å². The van der Waals surface area contributed by atoms with Gasteiger partial charge >= 0.3 is 0 Å². The van der Waals surface area contributed by atoms with Crippen LogP contribution in [0.5, 0.6) is 0 Å². The normalized spacial score (nSPS) is 18.6. The van der Waals surface area contributed by atoms with Crippen LogP contribution in [0.2, 0.25) is 5.02 Å². The van der Waals surface area contributed by atoms with Gasteiger partial charge in [0.05, 0.1) is 22.5 Å². The minimum Gasteiger partial charge on any atom is -0.380 e. The molecule has 2 atom stereocenters. The molecule has 0 saturated heterocycles. The van der Waals surface area contributed by atoms with Crippen molar-refractivity contribution in [2.75, 3.05) is 13.7 Å². The number of ether oxygens (including phenoxy) is 1. The number of likely N-dealkylation sites (N-methyl/N-ethyl adjacent to an activating group) is 1. The number of hydrogen-bond acceptors (Lipinski definition) is 3. The van der Waals surface area contributed by atoms with E-state index >= 15 is 0 Å². The van der Waals surface area contributed by atoms with Gasteiger partial charge in [0.1, 0.15) is 0 Å². The average molecular weight is 286 g/mol. The van der Waals surface area contributed by atoms with Gasteiger partial charge in [0, 0.05) is 26.6 Å². The summed E-state index contributed by atoms with van der Waals surface area (Å²) in [6.45, 7) is 5.01. The monoisotopic (exact) mass is 285 g/mol. The molecule has 1 aromatic rings. The zero-order chi connectivity index (χ0) is 14.0. The van der Waals surface area contributed by atoms with Gasteiger partial charge in [-0.15, -0.1) is 0 Å². The molecule has 1 aliphatic carbocycles. The molecule has 0 aliphatic heterocycles. The number of rotatable bonds is 7. The molecule has 0 spiro atoms. The second-order valence-corrected chi connectivity index (χ2v) is 5.75. The third-order valence-electron chi connectivity index (χ3n) is 3.90. The standard InChI is InChI=1S/C14H24ClN3O/c1-5-16-11(14(19-4)10-6-7-10)8-12-13(15)9(2)17-18(12)3/h10-11,14,16H,5-8H2,1-4H3. The number of hydrogen-bond donors (Lipinski definition) is 1. The Bertz CT molecular complexity index is 429. The van der Waals surface area contributed by atoms with Crippen LogP contribution < -0.4 is 5.32 Å². The van der Waals surface area contributed by atoms with Crippen LogP contribution in [0.4, 0.5) is 0 Å². The molecule has 2 unspecified atom stereocenters. The van der Waals surface area contributed by atoms with Crippen molar-refractivity contribution in [2.24, 2.45) is 13.0 Å². The molecule has 0 amide bonds. The Morgan fingerprint density at radius 1 is 1.53 bits per heavy atom. The number of aromatic nitrogens is 2. The van der Waals surface area contributed by atoms with E-state index in [4.69, 9.17) is 16.3 Å². The topological polar surface area (TPSA) is 39.1 Å². The lowest BCUT2D eigenvalue weighted by Crippen LogP contribution is -2.44. The van der Waals surface area contributed by atoms with Crippen molar-refractivity contribution >= 4 is 11.6 Å². The third kappa shape index (κ3) is 3.30. The minimum absolute atomic E-state index is 0.270. The molecule has 1 heterocycles. The first-order chi connectivity index (χ1) is 9.08. The lowest BCUT2D eigenvalue weighted by Gasteiger charge is -2.27. The van der Waals surface area contributed by atoms with E-state index < -0.39 is 0 Å². The highest BCUT2D eigenvalue weighted by Crippen LogP contribution is 2.36. The molecule has 19 heavy (non-hydrogen) atoms. The first-order valence-corrected chi connectivity index (χ1v) is 7.40. The van der Waals surface area contributed by atoms with Crippen LogP contribution in [0.25, 0.3) is 0 Å². The van der Waals surface area contributed by atoms with Gasteiger partial charge in [-0.3, -0.25) is 4.68 Å². The van der Waals surface area contributed by atoms with Crippen LogP contribution in [-0.2, 0) is 18.2 Å². The Labute approximate surface area is 120 Å². The van der Waals surface area contributed by atoms with E-state index in [9.17, 15) is 0 Å². The number of nitrogens with one attached hydrogen (secondary N) is 1. The molecule has 108 valence electrons. The fraction of sp³-hybridized carbons (Fsp3) is 0.786. The van der Waals surface area contributed by atoms with Crippen LogP contribution in [0.1, 0.15) is 31.2 Å². The van der Waals surface area contributed by atoms with Crippen LogP contribution >= 0.6 is 11.6 Å². The van der Waals surface area contributed by atoms with E-state index in [1.54, 1.807) is 0 Å². The van der Waals surface area contributed by atoms with Gasteiger partial charge in [0.15, 0.2) is 0 Å². The van der Waals surface area contributed by atoms with Crippen LogP contribution in [0, 0.1) is 12.8 Å². The predicted octanol–water partition coefficient (Wildman–Crippen LogP) is 2.33. The highest BCUT2D eigenvalue weighted by molar-refractivity contribution is 6.31. The van der Waals surface area contributed by atoms with Crippen LogP contribution in [0.3, 0.4) is 0 Å². The minimum atomic E-state index is 0.270. The number of halogens is 1. The highest BCUT2D eigenvalue weighted by atomic mass is 35.5. The Morgan fingerprint density at radius 3 is 2.63 bits per heavy atom. The molecule has 0 bridgehead atoms. The maximum Gasteiger partial charge on any atom is 0.0847 e. The molecule has 4 nitrogen and oxygen atoms in total. The Kier molecular flexibility index (Phi) is 4.87. The van der Waals surface area contributed by atoms with Crippen molar-refractivity contribution in [2.45, 2.75) is 45.3 Å². The molecular weight excluding hydrogens is 262 g/mol. The zero-order valence-corrected chi connectivity index (χ0v) is 13.0.